The van der Waals surface area contributed by atoms with Crippen molar-refractivity contribution in [1.29, 1.82) is 0 Å². The molecule has 1 aromatic carbocycles. The summed E-state index contributed by atoms with van der Waals surface area (Å²) in [6, 6.07) is 7.64. The van der Waals surface area contributed by atoms with E-state index in [-0.39, 0.29) is 29.6 Å². The van der Waals surface area contributed by atoms with E-state index in [1.165, 1.54) is 11.4 Å². The molecule has 0 saturated carbocycles. The Morgan fingerprint density at radius 3 is 2.38 bits per heavy atom. The normalized spacial score (nSPS) is 15.9. The minimum atomic E-state index is -3.58. The maximum absolute atomic E-state index is 12.5. The lowest BCUT2D eigenvalue weighted by Gasteiger charge is -2.37. The highest BCUT2D eigenvalue weighted by Gasteiger charge is 2.35. The van der Waals surface area contributed by atoms with Gasteiger partial charge in [0.2, 0.25) is 15.9 Å². The van der Waals surface area contributed by atoms with Crippen LogP contribution >= 0.6 is 0 Å². The number of carbonyl (C=O) groups excluding carboxylic acids is 1. The van der Waals surface area contributed by atoms with E-state index in [2.05, 4.69) is 18.2 Å². The molecule has 0 aliphatic carbocycles. The van der Waals surface area contributed by atoms with Crippen LogP contribution in [0.25, 0.3) is 5.76 Å². The van der Waals surface area contributed by atoms with Crippen LogP contribution in [0.15, 0.2) is 48.3 Å². The number of hydrogen-bond donors (Lipinski definition) is 0. The molecule has 1 heterocycles. The lowest BCUT2D eigenvalue weighted by Crippen LogP contribution is -2.37. The monoisotopic (exact) mass is 492 g/mol. The molecule has 34 heavy (non-hydrogen) atoms. The SMILES string of the molecule is C=C(/N=C(\C)N(CCCC1(CC(=O)OC)CCOCC1)S(C)(=O)=O)OC(=C)c1ccc(C)cc1. The molecular weight excluding hydrogens is 456 g/mol. The van der Waals surface area contributed by atoms with E-state index in [1.54, 1.807) is 6.92 Å². The Hall–Kier alpha value is -2.65. The Bertz CT molecular complexity index is 1010. The number of amidine groups is 1. The zero-order valence-corrected chi connectivity index (χ0v) is 21.4. The van der Waals surface area contributed by atoms with Crippen molar-refractivity contribution in [3.63, 3.8) is 0 Å². The Kier molecular flexibility index (Phi) is 9.88. The molecule has 1 fully saturated rings. The standard InChI is InChI=1S/C25H36N2O6S/c1-19-8-10-23(11-9-19)20(2)33-22(4)26-21(3)27(34(6,29)30)15-7-12-25(18-24(28)31-5)13-16-32-17-14-25/h8-11H,2,4,7,12-18H2,1,3,5-6H3/b26-21+. The summed E-state index contributed by atoms with van der Waals surface area (Å²) in [7, 11) is -2.20. The summed E-state index contributed by atoms with van der Waals surface area (Å²) in [6.07, 6.45) is 4.14. The van der Waals surface area contributed by atoms with Crippen LogP contribution < -0.4 is 0 Å². The Labute approximate surface area is 203 Å². The van der Waals surface area contributed by atoms with Crippen molar-refractivity contribution in [3.8, 4) is 0 Å². The molecule has 1 aliphatic rings. The van der Waals surface area contributed by atoms with E-state index < -0.39 is 10.0 Å². The second-order valence-electron chi connectivity index (χ2n) is 8.75. The van der Waals surface area contributed by atoms with Gasteiger partial charge >= 0.3 is 5.97 Å². The number of rotatable bonds is 11. The third-order valence-corrected chi connectivity index (χ3v) is 7.28. The molecule has 0 bridgehead atoms. The van der Waals surface area contributed by atoms with Gasteiger partial charge in [0.15, 0.2) is 0 Å². The van der Waals surface area contributed by atoms with Crippen LogP contribution in [0.1, 0.15) is 50.2 Å². The van der Waals surface area contributed by atoms with E-state index in [9.17, 15) is 13.2 Å². The summed E-state index contributed by atoms with van der Waals surface area (Å²) in [5, 5.41) is 0. The van der Waals surface area contributed by atoms with Gasteiger partial charge in [-0.25, -0.2) is 13.4 Å². The first-order valence-corrected chi connectivity index (χ1v) is 13.1. The topological polar surface area (TPSA) is 94.5 Å². The predicted octanol–water partition coefficient (Wildman–Crippen LogP) is 4.27. The summed E-state index contributed by atoms with van der Waals surface area (Å²) >= 11 is 0. The molecule has 8 nitrogen and oxygen atoms in total. The van der Waals surface area contributed by atoms with Crippen LogP contribution in [0.3, 0.4) is 0 Å². The van der Waals surface area contributed by atoms with Gasteiger partial charge in [-0.05, 0) is 51.5 Å². The summed E-state index contributed by atoms with van der Waals surface area (Å²) < 4.78 is 42.2. The Morgan fingerprint density at radius 1 is 1.21 bits per heavy atom. The van der Waals surface area contributed by atoms with Crippen molar-refractivity contribution < 1.29 is 27.4 Å². The molecule has 0 aromatic heterocycles. The molecule has 1 saturated heterocycles. The van der Waals surface area contributed by atoms with E-state index in [4.69, 9.17) is 14.2 Å². The number of methoxy groups -OCH3 is 1. The van der Waals surface area contributed by atoms with E-state index >= 15 is 0 Å². The van der Waals surface area contributed by atoms with Gasteiger partial charge in [0.05, 0.1) is 19.8 Å². The zero-order chi connectivity index (χ0) is 25.4. The molecule has 2 rings (SSSR count). The van der Waals surface area contributed by atoms with Crippen LogP contribution in [0.4, 0.5) is 0 Å². The number of esters is 1. The van der Waals surface area contributed by atoms with E-state index in [1.807, 2.05) is 31.2 Å². The number of aryl methyl sites for hydroxylation is 1. The van der Waals surface area contributed by atoms with Gasteiger partial charge in [0.25, 0.3) is 0 Å². The summed E-state index contributed by atoms with van der Waals surface area (Å²) in [5.74, 6) is 0.403. The highest BCUT2D eigenvalue weighted by Crippen LogP contribution is 2.39. The number of benzene rings is 1. The molecule has 188 valence electrons. The smallest absolute Gasteiger partial charge is 0.306 e. The second kappa shape index (κ2) is 12.2. The van der Waals surface area contributed by atoms with E-state index in [0.717, 1.165) is 30.2 Å². The van der Waals surface area contributed by atoms with Gasteiger partial charge in [-0.2, -0.15) is 0 Å². The first-order valence-electron chi connectivity index (χ1n) is 11.3. The van der Waals surface area contributed by atoms with Gasteiger partial charge in [-0.1, -0.05) is 36.4 Å². The van der Waals surface area contributed by atoms with Gasteiger partial charge < -0.3 is 14.2 Å². The third kappa shape index (κ3) is 8.29. The molecule has 0 radical (unpaired) electrons. The number of ether oxygens (including phenoxy) is 3. The van der Waals surface area contributed by atoms with Crippen LogP contribution in [0.5, 0.6) is 0 Å². The summed E-state index contributed by atoms with van der Waals surface area (Å²) in [6.45, 7) is 12.7. The molecule has 0 spiro atoms. The number of sulfonamides is 1. The summed E-state index contributed by atoms with van der Waals surface area (Å²) in [5.41, 5.74) is 1.65. The molecule has 0 unspecified atom stereocenters. The third-order valence-electron chi connectivity index (χ3n) is 6.03. The second-order valence-corrected chi connectivity index (χ2v) is 10.7. The van der Waals surface area contributed by atoms with Crippen LogP contribution in [0, 0.1) is 12.3 Å². The lowest BCUT2D eigenvalue weighted by atomic mass is 9.74. The molecule has 0 N–H and O–H groups in total. The van der Waals surface area contributed by atoms with Crippen molar-refractivity contribution in [2.45, 2.75) is 46.0 Å². The number of hydrogen-bond acceptors (Lipinski definition) is 7. The lowest BCUT2D eigenvalue weighted by molar-refractivity contribution is -0.145. The highest BCUT2D eigenvalue weighted by molar-refractivity contribution is 7.88. The molecule has 1 aromatic rings. The molecular formula is C25H36N2O6S. The fourth-order valence-corrected chi connectivity index (χ4v) is 5.04. The van der Waals surface area contributed by atoms with Gasteiger partial charge in [0.1, 0.15) is 11.6 Å². The van der Waals surface area contributed by atoms with Crippen LogP contribution in [-0.2, 0) is 29.0 Å². The highest BCUT2D eigenvalue weighted by atomic mass is 32.2. The molecule has 9 heteroatoms. The average Bonchev–Trinajstić information content (AvgIpc) is 2.76. The van der Waals surface area contributed by atoms with Crippen molar-refractivity contribution in [2.75, 3.05) is 33.1 Å². The minimum absolute atomic E-state index is 0.0447. The molecule has 1 aliphatic heterocycles. The van der Waals surface area contributed by atoms with Gasteiger partial charge in [-0.3, -0.25) is 9.10 Å². The molecule has 0 amide bonds. The minimum Gasteiger partial charge on any atom is -0.469 e. The van der Waals surface area contributed by atoms with Crippen molar-refractivity contribution in [3.05, 3.63) is 54.4 Å². The van der Waals surface area contributed by atoms with Crippen LogP contribution in [0.2, 0.25) is 0 Å². The average molecular weight is 493 g/mol. The first kappa shape index (κ1) is 27.6. The van der Waals surface area contributed by atoms with Gasteiger partial charge in [-0.15, -0.1) is 0 Å². The molecule has 0 atom stereocenters. The number of aliphatic imine (C=N–C) groups is 1. The van der Waals surface area contributed by atoms with Crippen molar-refractivity contribution in [1.82, 2.24) is 4.31 Å². The van der Waals surface area contributed by atoms with Gasteiger partial charge in [0, 0.05) is 25.3 Å². The predicted molar refractivity (Wildman–Crippen MR) is 133 cm³/mol. The summed E-state index contributed by atoms with van der Waals surface area (Å²) in [4.78, 5) is 16.2. The quantitative estimate of drug-likeness (QED) is 0.198. The zero-order valence-electron chi connectivity index (χ0n) is 20.6. The fourth-order valence-electron chi connectivity index (χ4n) is 4.06. The maximum atomic E-state index is 12.5. The van der Waals surface area contributed by atoms with Crippen molar-refractivity contribution in [2.24, 2.45) is 10.4 Å². The Balaban J connectivity index is 2.05. The largest absolute Gasteiger partial charge is 0.469 e. The first-order chi connectivity index (χ1) is 16.0. The Morgan fingerprint density at radius 2 is 1.82 bits per heavy atom. The maximum Gasteiger partial charge on any atom is 0.306 e. The fraction of sp³-hybridized carbons (Fsp3) is 0.520. The van der Waals surface area contributed by atoms with E-state index in [0.29, 0.717) is 38.2 Å². The number of nitrogens with zero attached hydrogens (tertiary/aromatic N) is 2. The number of carbonyl (C=O) groups is 1. The van der Waals surface area contributed by atoms with Crippen LogP contribution in [-0.4, -0.2) is 57.7 Å². The van der Waals surface area contributed by atoms with Crippen molar-refractivity contribution >= 4 is 27.6 Å².